The quantitative estimate of drug-likeness (QED) is 0.606. The Hall–Kier alpha value is -0.120. The van der Waals surface area contributed by atoms with E-state index >= 15 is 0 Å². The Morgan fingerprint density at radius 2 is 2.55 bits per heavy atom. The van der Waals surface area contributed by atoms with Crippen LogP contribution in [-0.4, -0.2) is 38.0 Å². The van der Waals surface area contributed by atoms with E-state index in [9.17, 15) is 5.11 Å². The number of ether oxygens (including phenoxy) is 1. The van der Waals surface area contributed by atoms with Crippen LogP contribution in [0, 0.1) is 5.92 Å². The molecule has 11 heavy (non-hydrogen) atoms. The summed E-state index contributed by atoms with van der Waals surface area (Å²) >= 11 is 0. The van der Waals surface area contributed by atoms with E-state index in [0.29, 0.717) is 12.5 Å². The number of rotatable bonds is 4. The second-order valence-corrected chi connectivity index (χ2v) is 3.20. The Labute approximate surface area is 67.7 Å². The third-order valence-electron chi connectivity index (χ3n) is 2.13. The van der Waals surface area contributed by atoms with E-state index in [1.807, 2.05) is 0 Å². The van der Waals surface area contributed by atoms with Gasteiger partial charge in [-0.3, -0.25) is 0 Å². The molecule has 3 nitrogen and oxygen atoms in total. The molecule has 1 heterocycles. The van der Waals surface area contributed by atoms with E-state index in [2.05, 4.69) is 5.32 Å². The lowest BCUT2D eigenvalue weighted by Crippen LogP contribution is -2.20. The van der Waals surface area contributed by atoms with Gasteiger partial charge < -0.3 is 15.2 Å². The monoisotopic (exact) mass is 159 g/mol. The van der Waals surface area contributed by atoms with Crippen molar-refractivity contribution >= 4 is 0 Å². The molecule has 0 aromatic heterocycles. The minimum Gasteiger partial charge on any atom is -0.391 e. The van der Waals surface area contributed by atoms with Gasteiger partial charge in [-0.25, -0.2) is 0 Å². The van der Waals surface area contributed by atoms with E-state index in [0.717, 1.165) is 19.5 Å². The first-order valence-electron chi connectivity index (χ1n) is 4.20. The van der Waals surface area contributed by atoms with Crippen molar-refractivity contribution in [1.82, 2.24) is 5.32 Å². The highest BCUT2D eigenvalue weighted by Crippen LogP contribution is 2.14. The lowest BCUT2D eigenvalue weighted by molar-refractivity contribution is 0.0500. The summed E-state index contributed by atoms with van der Waals surface area (Å²) in [6.45, 7) is 2.63. The molecule has 2 atom stereocenters. The summed E-state index contributed by atoms with van der Waals surface area (Å²) in [5.41, 5.74) is 0. The molecule has 66 valence electrons. The minimum atomic E-state index is -0.273. The van der Waals surface area contributed by atoms with Crippen LogP contribution >= 0.6 is 0 Å². The van der Waals surface area contributed by atoms with Gasteiger partial charge in [0.1, 0.15) is 0 Å². The van der Waals surface area contributed by atoms with Crippen LogP contribution in [0.5, 0.6) is 0 Å². The smallest absolute Gasteiger partial charge is 0.0776 e. The fourth-order valence-electron chi connectivity index (χ4n) is 1.56. The van der Waals surface area contributed by atoms with Gasteiger partial charge in [0, 0.05) is 7.11 Å². The lowest BCUT2D eigenvalue weighted by atomic mass is 10.0. The Bertz CT molecular complexity index is 102. The third-order valence-corrected chi connectivity index (χ3v) is 2.13. The summed E-state index contributed by atoms with van der Waals surface area (Å²) in [7, 11) is 1.62. The molecule has 3 heteroatoms. The van der Waals surface area contributed by atoms with Crippen molar-refractivity contribution in [3.63, 3.8) is 0 Å². The van der Waals surface area contributed by atoms with Crippen molar-refractivity contribution in [2.45, 2.75) is 18.9 Å². The van der Waals surface area contributed by atoms with E-state index in [-0.39, 0.29) is 6.10 Å². The molecule has 1 aliphatic rings. The molecule has 0 aromatic carbocycles. The fraction of sp³-hybridized carbons (Fsp3) is 1.00. The summed E-state index contributed by atoms with van der Waals surface area (Å²) in [6, 6.07) is 0. The molecule has 0 amide bonds. The first-order chi connectivity index (χ1) is 5.33. The largest absolute Gasteiger partial charge is 0.391 e. The van der Waals surface area contributed by atoms with Crippen LogP contribution in [0.4, 0.5) is 0 Å². The number of methoxy groups -OCH3 is 1. The molecule has 1 aliphatic heterocycles. The van der Waals surface area contributed by atoms with Gasteiger partial charge in [-0.05, 0) is 31.8 Å². The zero-order valence-electron chi connectivity index (χ0n) is 7.05. The maximum absolute atomic E-state index is 9.36. The predicted octanol–water partition coefficient (Wildman–Crippen LogP) is -0.00670. The number of nitrogens with one attached hydrogen (secondary N) is 1. The second kappa shape index (κ2) is 4.70. The van der Waals surface area contributed by atoms with E-state index in [1.54, 1.807) is 7.11 Å². The zero-order valence-corrected chi connectivity index (χ0v) is 7.05. The van der Waals surface area contributed by atoms with Crippen LogP contribution in [0.2, 0.25) is 0 Å². The molecule has 0 aliphatic carbocycles. The highest BCUT2D eigenvalue weighted by molar-refractivity contribution is 4.73. The van der Waals surface area contributed by atoms with Crippen molar-refractivity contribution in [3.05, 3.63) is 0 Å². The summed E-state index contributed by atoms with van der Waals surface area (Å²) in [4.78, 5) is 0. The molecular formula is C8H17NO2. The summed E-state index contributed by atoms with van der Waals surface area (Å²) < 4.78 is 4.84. The van der Waals surface area contributed by atoms with Gasteiger partial charge in [0.05, 0.1) is 12.7 Å². The molecule has 1 saturated heterocycles. The second-order valence-electron chi connectivity index (χ2n) is 3.20. The molecule has 0 bridgehead atoms. The van der Waals surface area contributed by atoms with Crippen LogP contribution in [0.25, 0.3) is 0 Å². The van der Waals surface area contributed by atoms with Gasteiger partial charge in [0.2, 0.25) is 0 Å². The van der Waals surface area contributed by atoms with Gasteiger partial charge in [0.15, 0.2) is 0 Å². The highest BCUT2D eigenvalue weighted by atomic mass is 16.5. The molecule has 1 fully saturated rings. The maximum atomic E-state index is 9.36. The first kappa shape index (κ1) is 8.97. The van der Waals surface area contributed by atoms with Gasteiger partial charge in [-0.1, -0.05) is 0 Å². The van der Waals surface area contributed by atoms with Crippen LogP contribution in [0.3, 0.4) is 0 Å². The number of hydrogen-bond acceptors (Lipinski definition) is 3. The Morgan fingerprint density at radius 1 is 1.73 bits per heavy atom. The van der Waals surface area contributed by atoms with Crippen LogP contribution < -0.4 is 5.32 Å². The number of aliphatic hydroxyl groups is 1. The molecule has 0 saturated carbocycles. The summed E-state index contributed by atoms with van der Waals surface area (Å²) in [5, 5.41) is 12.6. The Kier molecular flexibility index (Phi) is 3.83. The van der Waals surface area contributed by atoms with Crippen molar-refractivity contribution in [2.24, 2.45) is 5.92 Å². The SMILES string of the molecule is COC[C@H](O)CC1CCNC1. The van der Waals surface area contributed by atoms with Gasteiger partial charge in [-0.2, -0.15) is 0 Å². The molecular weight excluding hydrogens is 142 g/mol. The van der Waals surface area contributed by atoms with Gasteiger partial charge >= 0.3 is 0 Å². The topological polar surface area (TPSA) is 41.5 Å². The molecule has 1 rings (SSSR count). The standard InChI is InChI=1S/C8H17NO2/c1-11-6-8(10)4-7-2-3-9-5-7/h7-10H,2-6H2,1H3/t7?,8-/m1/s1. The molecule has 0 aromatic rings. The lowest BCUT2D eigenvalue weighted by Gasteiger charge is -2.13. The van der Waals surface area contributed by atoms with Crippen LogP contribution in [0.1, 0.15) is 12.8 Å². The van der Waals surface area contributed by atoms with Crippen molar-refractivity contribution in [2.75, 3.05) is 26.8 Å². The normalized spacial score (nSPS) is 27.3. The Morgan fingerprint density at radius 3 is 3.09 bits per heavy atom. The molecule has 0 spiro atoms. The Balaban J connectivity index is 2.08. The molecule has 2 N–H and O–H groups in total. The third kappa shape index (κ3) is 3.18. The zero-order chi connectivity index (χ0) is 8.10. The van der Waals surface area contributed by atoms with Crippen molar-refractivity contribution in [1.29, 1.82) is 0 Å². The summed E-state index contributed by atoms with van der Waals surface area (Å²) in [6.07, 6.45) is 1.80. The van der Waals surface area contributed by atoms with E-state index in [4.69, 9.17) is 4.74 Å². The fourth-order valence-corrected chi connectivity index (χ4v) is 1.56. The van der Waals surface area contributed by atoms with E-state index < -0.39 is 0 Å². The minimum absolute atomic E-state index is 0.273. The van der Waals surface area contributed by atoms with E-state index in [1.165, 1.54) is 6.42 Å². The maximum Gasteiger partial charge on any atom is 0.0776 e. The number of hydrogen-bond donors (Lipinski definition) is 2. The number of aliphatic hydroxyl groups excluding tert-OH is 1. The van der Waals surface area contributed by atoms with Gasteiger partial charge in [0.25, 0.3) is 0 Å². The van der Waals surface area contributed by atoms with Crippen molar-refractivity contribution < 1.29 is 9.84 Å². The average molecular weight is 159 g/mol. The first-order valence-corrected chi connectivity index (χ1v) is 4.20. The van der Waals surface area contributed by atoms with Crippen molar-refractivity contribution in [3.8, 4) is 0 Å². The van der Waals surface area contributed by atoms with Crippen LogP contribution in [-0.2, 0) is 4.74 Å². The molecule has 0 radical (unpaired) electrons. The van der Waals surface area contributed by atoms with Crippen LogP contribution in [0.15, 0.2) is 0 Å². The summed E-state index contributed by atoms with van der Waals surface area (Å²) in [5.74, 6) is 0.653. The average Bonchev–Trinajstić information content (AvgIpc) is 2.40. The highest BCUT2D eigenvalue weighted by Gasteiger charge is 2.17. The predicted molar refractivity (Wildman–Crippen MR) is 43.5 cm³/mol. The molecule has 1 unspecified atom stereocenters. The van der Waals surface area contributed by atoms with Gasteiger partial charge in [-0.15, -0.1) is 0 Å².